The van der Waals surface area contributed by atoms with Gasteiger partial charge in [0, 0.05) is 25.9 Å². The van der Waals surface area contributed by atoms with Crippen molar-refractivity contribution in [2.75, 3.05) is 25.6 Å². The zero-order valence-corrected chi connectivity index (χ0v) is 11.4. The molecule has 0 aliphatic carbocycles. The van der Waals surface area contributed by atoms with Gasteiger partial charge in [-0.3, -0.25) is 0 Å². The van der Waals surface area contributed by atoms with Gasteiger partial charge in [0.05, 0.1) is 24.5 Å². The van der Waals surface area contributed by atoms with Crippen LogP contribution in [0.15, 0.2) is 11.4 Å². The lowest BCUT2D eigenvalue weighted by Crippen LogP contribution is -2.43. The lowest BCUT2D eigenvalue weighted by atomic mass is 9.91. The maximum Gasteiger partial charge on any atom is 0.350 e. The van der Waals surface area contributed by atoms with Crippen molar-refractivity contribution in [3.05, 3.63) is 16.3 Å². The van der Waals surface area contributed by atoms with E-state index in [4.69, 9.17) is 19.9 Å². The van der Waals surface area contributed by atoms with Crippen LogP contribution in [0.4, 0.5) is 5.69 Å². The van der Waals surface area contributed by atoms with Gasteiger partial charge in [-0.1, -0.05) is 0 Å². The molecule has 104 valence electrons. The predicted molar refractivity (Wildman–Crippen MR) is 71.3 cm³/mol. The Balaban J connectivity index is 1.63. The van der Waals surface area contributed by atoms with E-state index in [2.05, 4.69) is 0 Å². The van der Waals surface area contributed by atoms with Crippen LogP contribution >= 0.6 is 11.3 Å². The van der Waals surface area contributed by atoms with E-state index in [-0.39, 0.29) is 17.7 Å². The van der Waals surface area contributed by atoms with Gasteiger partial charge in [-0.25, -0.2) is 4.79 Å². The standard InChI is InChI=1S/C13H17NO4S/c14-10-2-6-19-11(10)12(15)18-9-1-4-17-13(7-9)3-5-16-8-13/h2,6,9H,1,3-5,7-8,14H2. The molecule has 2 atom stereocenters. The summed E-state index contributed by atoms with van der Waals surface area (Å²) in [5, 5.41) is 1.79. The molecule has 0 bridgehead atoms. The Kier molecular flexibility index (Phi) is 3.47. The largest absolute Gasteiger partial charge is 0.458 e. The van der Waals surface area contributed by atoms with Crippen molar-refractivity contribution in [2.45, 2.75) is 31.0 Å². The highest BCUT2D eigenvalue weighted by atomic mass is 32.1. The molecule has 2 saturated heterocycles. The van der Waals surface area contributed by atoms with Gasteiger partial charge in [-0.05, 0) is 11.4 Å². The highest BCUT2D eigenvalue weighted by molar-refractivity contribution is 7.12. The minimum atomic E-state index is -0.325. The van der Waals surface area contributed by atoms with Crippen molar-refractivity contribution in [3.63, 3.8) is 0 Å². The van der Waals surface area contributed by atoms with Crippen molar-refractivity contribution in [1.29, 1.82) is 0 Å². The lowest BCUT2D eigenvalue weighted by molar-refractivity contribution is -0.120. The summed E-state index contributed by atoms with van der Waals surface area (Å²) in [5.41, 5.74) is 5.97. The van der Waals surface area contributed by atoms with Crippen molar-refractivity contribution in [2.24, 2.45) is 0 Å². The molecule has 2 aliphatic rings. The summed E-state index contributed by atoms with van der Waals surface area (Å²) in [6, 6.07) is 1.72. The Morgan fingerprint density at radius 1 is 1.53 bits per heavy atom. The first-order valence-corrected chi connectivity index (χ1v) is 7.32. The lowest BCUT2D eigenvalue weighted by Gasteiger charge is -2.36. The van der Waals surface area contributed by atoms with E-state index in [1.54, 1.807) is 11.4 Å². The fourth-order valence-electron chi connectivity index (χ4n) is 2.64. The number of nitrogen functional groups attached to an aromatic ring is 1. The van der Waals surface area contributed by atoms with Crippen LogP contribution in [0.25, 0.3) is 0 Å². The Labute approximate surface area is 115 Å². The van der Waals surface area contributed by atoms with Gasteiger partial charge < -0.3 is 19.9 Å². The number of carbonyl (C=O) groups excluding carboxylic acids is 1. The molecular formula is C13H17NO4S. The quantitative estimate of drug-likeness (QED) is 0.838. The van der Waals surface area contributed by atoms with Crippen LogP contribution < -0.4 is 5.73 Å². The maximum atomic E-state index is 12.0. The van der Waals surface area contributed by atoms with Crippen LogP contribution in [0.1, 0.15) is 28.9 Å². The SMILES string of the molecule is Nc1ccsc1C(=O)OC1CCOC2(CCOC2)C1. The number of esters is 1. The van der Waals surface area contributed by atoms with Crippen LogP contribution in [0.2, 0.25) is 0 Å². The normalized spacial score (nSPS) is 30.6. The first-order chi connectivity index (χ1) is 9.19. The van der Waals surface area contributed by atoms with E-state index in [1.807, 2.05) is 0 Å². The van der Waals surface area contributed by atoms with Crippen LogP contribution in [0.3, 0.4) is 0 Å². The molecule has 2 N–H and O–H groups in total. The molecule has 0 aromatic carbocycles. The molecule has 0 saturated carbocycles. The number of thiophene rings is 1. The average Bonchev–Trinajstić information content (AvgIpc) is 2.99. The Bertz CT molecular complexity index is 467. The third-order valence-electron chi connectivity index (χ3n) is 3.67. The summed E-state index contributed by atoms with van der Waals surface area (Å²) in [7, 11) is 0. The zero-order valence-electron chi connectivity index (χ0n) is 10.6. The van der Waals surface area contributed by atoms with Crippen molar-refractivity contribution >= 4 is 23.0 Å². The Hall–Kier alpha value is -1.11. The second-order valence-electron chi connectivity index (χ2n) is 5.06. The minimum Gasteiger partial charge on any atom is -0.458 e. The molecule has 0 radical (unpaired) electrons. The van der Waals surface area contributed by atoms with Crippen LogP contribution in [0.5, 0.6) is 0 Å². The molecule has 19 heavy (non-hydrogen) atoms. The van der Waals surface area contributed by atoms with Gasteiger partial charge in [0.15, 0.2) is 0 Å². The summed E-state index contributed by atoms with van der Waals surface area (Å²) >= 11 is 1.31. The highest BCUT2D eigenvalue weighted by Gasteiger charge is 2.42. The third-order valence-corrected chi connectivity index (χ3v) is 4.58. The van der Waals surface area contributed by atoms with Gasteiger partial charge in [-0.2, -0.15) is 0 Å². The van der Waals surface area contributed by atoms with Crippen molar-refractivity contribution in [1.82, 2.24) is 0 Å². The van der Waals surface area contributed by atoms with Crippen LogP contribution in [0, 0.1) is 0 Å². The summed E-state index contributed by atoms with van der Waals surface area (Å²) in [6.07, 6.45) is 2.22. The van der Waals surface area contributed by atoms with E-state index in [1.165, 1.54) is 11.3 Å². The topological polar surface area (TPSA) is 70.8 Å². The van der Waals surface area contributed by atoms with Gasteiger partial charge in [-0.15, -0.1) is 11.3 Å². The van der Waals surface area contributed by atoms with E-state index in [0.29, 0.717) is 30.2 Å². The monoisotopic (exact) mass is 283 g/mol. The number of nitrogens with two attached hydrogens (primary N) is 1. The minimum absolute atomic E-state index is 0.107. The number of rotatable bonds is 2. The van der Waals surface area contributed by atoms with Gasteiger partial charge in [0.2, 0.25) is 0 Å². The fraction of sp³-hybridized carbons (Fsp3) is 0.615. The maximum absolute atomic E-state index is 12.0. The number of hydrogen-bond acceptors (Lipinski definition) is 6. The van der Waals surface area contributed by atoms with Gasteiger partial charge in [0.25, 0.3) is 0 Å². The van der Waals surface area contributed by atoms with E-state index < -0.39 is 0 Å². The number of anilines is 1. The molecular weight excluding hydrogens is 266 g/mol. The zero-order chi connectivity index (χ0) is 13.3. The molecule has 1 aromatic heterocycles. The number of carbonyl (C=O) groups is 1. The molecule has 3 heterocycles. The van der Waals surface area contributed by atoms with E-state index in [9.17, 15) is 4.79 Å². The highest BCUT2D eigenvalue weighted by Crippen LogP contribution is 2.34. The summed E-state index contributed by atoms with van der Waals surface area (Å²) < 4.78 is 16.8. The molecule has 1 spiro atoms. The first-order valence-electron chi connectivity index (χ1n) is 6.44. The van der Waals surface area contributed by atoms with E-state index in [0.717, 1.165) is 19.4 Å². The molecule has 6 heteroatoms. The third kappa shape index (κ3) is 2.61. The molecule has 5 nitrogen and oxygen atoms in total. The molecule has 2 fully saturated rings. The molecule has 0 amide bonds. The van der Waals surface area contributed by atoms with Crippen molar-refractivity contribution < 1.29 is 19.0 Å². The number of ether oxygens (including phenoxy) is 3. The summed E-state index contributed by atoms with van der Waals surface area (Å²) in [5.74, 6) is -0.325. The fourth-order valence-corrected chi connectivity index (χ4v) is 3.34. The van der Waals surface area contributed by atoms with Gasteiger partial charge >= 0.3 is 5.97 Å². The van der Waals surface area contributed by atoms with Crippen molar-refractivity contribution in [3.8, 4) is 0 Å². The predicted octanol–water partition coefficient (Wildman–Crippen LogP) is 1.83. The first kappa shape index (κ1) is 12.9. The van der Waals surface area contributed by atoms with Gasteiger partial charge in [0.1, 0.15) is 11.0 Å². The smallest absolute Gasteiger partial charge is 0.350 e. The second-order valence-corrected chi connectivity index (χ2v) is 5.98. The Morgan fingerprint density at radius 3 is 3.11 bits per heavy atom. The molecule has 2 aliphatic heterocycles. The summed E-state index contributed by atoms with van der Waals surface area (Å²) in [4.78, 5) is 12.5. The average molecular weight is 283 g/mol. The van der Waals surface area contributed by atoms with Crippen LogP contribution in [-0.2, 0) is 14.2 Å². The summed E-state index contributed by atoms with van der Waals surface area (Å²) in [6.45, 7) is 1.93. The molecule has 3 rings (SSSR count). The van der Waals surface area contributed by atoms with Crippen LogP contribution in [-0.4, -0.2) is 37.5 Å². The van der Waals surface area contributed by atoms with E-state index >= 15 is 0 Å². The number of hydrogen-bond donors (Lipinski definition) is 1. The molecule has 1 aromatic rings. The second kappa shape index (κ2) is 5.11. The molecule has 2 unspecified atom stereocenters. The Morgan fingerprint density at radius 2 is 2.42 bits per heavy atom.